The predicted octanol–water partition coefficient (Wildman–Crippen LogP) is 3.41. The molecule has 19 heavy (non-hydrogen) atoms. The van der Waals surface area contributed by atoms with Crippen molar-refractivity contribution in [3.05, 3.63) is 16.9 Å². The van der Waals surface area contributed by atoms with Crippen LogP contribution in [-0.2, 0) is 11.3 Å². The average Bonchev–Trinajstić information content (AvgIpc) is 2.80. The fourth-order valence-electron chi connectivity index (χ4n) is 2.27. The molecule has 0 saturated carbocycles. The molecule has 0 aromatic carbocycles. The van der Waals surface area contributed by atoms with Gasteiger partial charge in [-0.3, -0.25) is 4.68 Å². The number of nitrogens with zero attached hydrogens (tertiary/aromatic N) is 2. The van der Waals surface area contributed by atoms with Gasteiger partial charge in [-0.05, 0) is 33.2 Å². The lowest BCUT2D eigenvalue weighted by Gasteiger charge is -2.37. The minimum Gasteiger partial charge on any atom is -0.376 e. The van der Waals surface area contributed by atoms with Gasteiger partial charge in [0.15, 0.2) is 0 Å². The molecule has 1 rings (SSSR count). The van der Waals surface area contributed by atoms with Crippen molar-refractivity contribution in [3.8, 4) is 0 Å². The van der Waals surface area contributed by atoms with Crippen LogP contribution in [0.2, 0.25) is 5.02 Å². The first kappa shape index (κ1) is 16.5. The minimum atomic E-state index is -0.300. The fraction of sp³-hybridized carbons (Fsp3) is 0.786. The van der Waals surface area contributed by atoms with Crippen molar-refractivity contribution < 1.29 is 4.74 Å². The zero-order chi connectivity index (χ0) is 14.5. The van der Waals surface area contributed by atoms with Crippen molar-refractivity contribution in [2.75, 3.05) is 13.7 Å². The standard InChI is InChI=1S/C14H26ClN3O/c1-6-9-16-13(14(4,7-2)19-5)12-11(15)10-17-18(12)8-3/h10,13,16H,6-9H2,1-5H3. The van der Waals surface area contributed by atoms with Gasteiger partial charge in [-0.25, -0.2) is 0 Å². The van der Waals surface area contributed by atoms with E-state index in [0.717, 1.165) is 31.6 Å². The molecule has 0 fully saturated rings. The number of aryl methyl sites for hydroxylation is 1. The monoisotopic (exact) mass is 287 g/mol. The van der Waals surface area contributed by atoms with Crippen molar-refractivity contribution in [1.29, 1.82) is 0 Å². The van der Waals surface area contributed by atoms with E-state index in [1.807, 2.05) is 4.68 Å². The quantitative estimate of drug-likeness (QED) is 0.796. The van der Waals surface area contributed by atoms with Gasteiger partial charge >= 0.3 is 0 Å². The highest BCUT2D eigenvalue weighted by Gasteiger charge is 2.36. The van der Waals surface area contributed by atoms with Gasteiger partial charge in [0.1, 0.15) is 0 Å². The highest BCUT2D eigenvalue weighted by molar-refractivity contribution is 6.31. The molecule has 0 saturated heterocycles. The highest BCUT2D eigenvalue weighted by Crippen LogP contribution is 2.35. The third kappa shape index (κ3) is 3.50. The van der Waals surface area contributed by atoms with Gasteiger partial charge < -0.3 is 10.1 Å². The Hall–Kier alpha value is -0.580. The molecule has 1 aromatic rings. The number of methoxy groups -OCH3 is 1. The topological polar surface area (TPSA) is 39.1 Å². The van der Waals surface area contributed by atoms with Crippen LogP contribution in [0.1, 0.15) is 52.3 Å². The lowest BCUT2D eigenvalue weighted by atomic mass is 9.90. The average molecular weight is 288 g/mol. The van der Waals surface area contributed by atoms with Gasteiger partial charge in [0, 0.05) is 13.7 Å². The van der Waals surface area contributed by atoms with Gasteiger partial charge in [0.25, 0.3) is 0 Å². The molecule has 0 radical (unpaired) electrons. The van der Waals surface area contributed by atoms with Gasteiger partial charge in [0.2, 0.25) is 0 Å². The molecule has 0 amide bonds. The van der Waals surface area contributed by atoms with Crippen molar-refractivity contribution >= 4 is 11.6 Å². The van der Waals surface area contributed by atoms with E-state index in [2.05, 4.69) is 38.1 Å². The summed E-state index contributed by atoms with van der Waals surface area (Å²) in [5, 5.41) is 8.60. The first-order chi connectivity index (χ1) is 9.03. The first-order valence-corrected chi connectivity index (χ1v) is 7.41. The van der Waals surface area contributed by atoms with Crippen molar-refractivity contribution in [2.45, 2.75) is 58.7 Å². The zero-order valence-electron chi connectivity index (χ0n) is 12.7. The number of halogens is 1. The summed E-state index contributed by atoms with van der Waals surface area (Å²) in [6.07, 6.45) is 3.68. The maximum Gasteiger partial charge on any atom is 0.0857 e. The molecule has 110 valence electrons. The van der Waals surface area contributed by atoms with E-state index in [1.54, 1.807) is 13.3 Å². The number of rotatable bonds is 8. The molecule has 1 N–H and O–H groups in total. The van der Waals surface area contributed by atoms with Gasteiger partial charge in [-0.15, -0.1) is 0 Å². The Morgan fingerprint density at radius 2 is 2.16 bits per heavy atom. The Labute approximate surface area is 121 Å². The molecule has 0 aliphatic heterocycles. The van der Waals surface area contributed by atoms with Crippen LogP contribution in [0.5, 0.6) is 0 Å². The van der Waals surface area contributed by atoms with Crippen LogP contribution in [0.25, 0.3) is 0 Å². The first-order valence-electron chi connectivity index (χ1n) is 7.03. The minimum absolute atomic E-state index is 0.0393. The normalized spacial score (nSPS) is 16.3. The Kier molecular flexibility index (Phi) is 6.30. The van der Waals surface area contributed by atoms with E-state index < -0.39 is 0 Å². The highest BCUT2D eigenvalue weighted by atomic mass is 35.5. The van der Waals surface area contributed by atoms with Crippen LogP contribution in [0.3, 0.4) is 0 Å². The molecule has 0 aliphatic carbocycles. The Morgan fingerprint density at radius 1 is 1.47 bits per heavy atom. The van der Waals surface area contributed by atoms with Crippen LogP contribution in [0, 0.1) is 0 Å². The number of ether oxygens (including phenoxy) is 1. The summed E-state index contributed by atoms with van der Waals surface area (Å²) in [5.41, 5.74) is 0.718. The van der Waals surface area contributed by atoms with E-state index >= 15 is 0 Å². The Bertz CT molecular complexity index is 388. The summed E-state index contributed by atoms with van der Waals surface area (Å²) in [7, 11) is 1.75. The summed E-state index contributed by atoms with van der Waals surface area (Å²) in [5.74, 6) is 0. The lowest BCUT2D eigenvalue weighted by Crippen LogP contribution is -2.44. The molecule has 4 nitrogen and oxygen atoms in total. The molecule has 1 heterocycles. The van der Waals surface area contributed by atoms with Crippen molar-refractivity contribution in [1.82, 2.24) is 15.1 Å². The largest absolute Gasteiger partial charge is 0.376 e. The molecule has 0 spiro atoms. The molecule has 2 atom stereocenters. The lowest BCUT2D eigenvalue weighted by molar-refractivity contribution is -0.0321. The fourth-order valence-corrected chi connectivity index (χ4v) is 2.52. The van der Waals surface area contributed by atoms with Crippen molar-refractivity contribution in [2.24, 2.45) is 0 Å². The van der Waals surface area contributed by atoms with Gasteiger partial charge in [-0.1, -0.05) is 25.4 Å². The second-order valence-electron chi connectivity index (χ2n) is 4.95. The maximum atomic E-state index is 6.34. The van der Waals surface area contributed by atoms with Crippen molar-refractivity contribution in [3.63, 3.8) is 0 Å². The van der Waals surface area contributed by atoms with Crippen LogP contribution in [-0.4, -0.2) is 29.0 Å². The molecule has 5 heteroatoms. The summed E-state index contributed by atoms with van der Waals surface area (Å²) in [6, 6.07) is 0.0393. The Balaban J connectivity index is 3.18. The summed E-state index contributed by atoms with van der Waals surface area (Å²) in [6.45, 7) is 10.2. The molecular weight excluding hydrogens is 262 g/mol. The van der Waals surface area contributed by atoms with E-state index in [0.29, 0.717) is 5.02 Å². The predicted molar refractivity (Wildman–Crippen MR) is 79.7 cm³/mol. The maximum absolute atomic E-state index is 6.34. The van der Waals surface area contributed by atoms with Crippen LogP contribution >= 0.6 is 11.6 Å². The Morgan fingerprint density at radius 3 is 2.63 bits per heavy atom. The van der Waals surface area contributed by atoms with Gasteiger partial charge in [0.05, 0.1) is 28.6 Å². The SMILES string of the molecule is CCCNC(c1c(Cl)cnn1CC)C(C)(CC)OC. The number of hydrogen-bond acceptors (Lipinski definition) is 3. The summed E-state index contributed by atoms with van der Waals surface area (Å²) < 4.78 is 7.71. The van der Waals surface area contributed by atoms with Gasteiger partial charge in [-0.2, -0.15) is 5.10 Å². The van der Waals surface area contributed by atoms with Crippen LogP contribution in [0.4, 0.5) is 0 Å². The second kappa shape index (κ2) is 7.27. The zero-order valence-corrected chi connectivity index (χ0v) is 13.4. The molecule has 2 unspecified atom stereocenters. The third-order valence-electron chi connectivity index (χ3n) is 3.78. The van der Waals surface area contributed by atoms with E-state index in [-0.39, 0.29) is 11.6 Å². The molecular formula is C14H26ClN3O. The molecule has 0 aliphatic rings. The summed E-state index contributed by atoms with van der Waals surface area (Å²) >= 11 is 6.34. The third-order valence-corrected chi connectivity index (χ3v) is 4.07. The van der Waals surface area contributed by atoms with E-state index in [1.165, 1.54) is 0 Å². The molecule has 0 bridgehead atoms. The number of nitrogens with one attached hydrogen (secondary N) is 1. The van der Waals surface area contributed by atoms with E-state index in [4.69, 9.17) is 16.3 Å². The molecule has 1 aromatic heterocycles. The second-order valence-corrected chi connectivity index (χ2v) is 5.36. The smallest absolute Gasteiger partial charge is 0.0857 e. The van der Waals surface area contributed by atoms with Crippen LogP contribution in [0.15, 0.2) is 6.20 Å². The van der Waals surface area contributed by atoms with E-state index in [9.17, 15) is 0 Å². The summed E-state index contributed by atoms with van der Waals surface area (Å²) in [4.78, 5) is 0. The number of hydrogen-bond donors (Lipinski definition) is 1. The number of aromatic nitrogens is 2. The van der Waals surface area contributed by atoms with Crippen LogP contribution < -0.4 is 5.32 Å².